The summed E-state index contributed by atoms with van der Waals surface area (Å²) >= 11 is 0. The first-order valence-electron chi connectivity index (χ1n) is 15.8. The molecule has 214 valence electrons. The fourth-order valence-corrected chi connectivity index (χ4v) is 7.53. The number of hydrogen-bond acceptors (Lipinski definition) is 1. The van der Waals surface area contributed by atoms with E-state index in [1.807, 2.05) is 0 Å². The van der Waals surface area contributed by atoms with E-state index in [4.69, 9.17) is 4.74 Å². The molecule has 10 rings (SSSR count). The van der Waals surface area contributed by atoms with E-state index in [0.717, 1.165) is 17.1 Å². The number of rotatable bonds is 3. The Hall–Kier alpha value is -6.12. The van der Waals surface area contributed by atoms with Crippen molar-refractivity contribution in [1.29, 1.82) is 0 Å². The summed E-state index contributed by atoms with van der Waals surface area (Å²) in [7, 11) is 0. The standard InChI is InChI=1S/C44H27NO/c1-2-14-31(15-3-1)45-40-21-7-6-18-35(40)38-27-37-29(26-41(38)45)13-9-19-34(37)33-17-5-4-16-32(33)30-23-24-42-39(25-30)36-20-8-11-28-12-10-22-43(46-42)44(28)36/h1-27H. The minimum Gasteiger partial charge on any atom is -0.456 e. The molecule has 2 heteroatoms. The molecule has 0 spiro atoms. The zero-order valence-electron chi connectivity index (χ0n) is 24.9. The second-order valence-corrected chi connectivity index (χ2v) is 12.1. The van der Waals surface area contributed by atoms with Crippen LogP contribution in [0.2, 0.25) is 0 Å². The highest BCUT2D eigenvalue weighted by Crippen LogP contribution is 2.48. The highest BCUT2D eigenvalue weighted by atomic mass is 16.5. The van der Waals surface area contributed by atoms with Gasteiger partial charge in [0.25, 0.3) is 0 Å². The first-order valence-corrected chi connectivity index (χ1v) is 15.8. The predicted molar refractivity (Wildman–Crippen MR) is 192 cm³/mol. The number of aromatic nitrogens is 1. The van der Waals surface area contributed by atoms with Gasteiger partial charge in [0.15, 0.2) is 0 Å². The van der Waals surface area contributed by atoms with E-state index < -0.39 is 0 Å². The second kappa shape index (κ2) is 9.69. The molecule has 2 nitrogen and oxygen atoms in total. The van der Waals surface area contributed by atoms with Crippen LogP contribution in [-0.2, 0) is 0 Å². The monoisotopic (exact) mass is 585 g/mol. The van der Waals surface area contributed by atoms with Crippen molar-refractivity contribution < 1.29 is 4.74 Å². The second-order valence-electron chi connectivity index (χ2n) is 12.1. The van der Waals surface area contributed by atoms with E-state index in [-0.39, 0.29) is 0 Å². The van der Waals surface area contributed by atoms with Crippen LogP contribution in [0.1, 0.15) is 0 Å². The van der Waals surface area contributed by atoms with Gasteiger partial charge >= 0.3 is 0 Å². The van der Waals surface area contributed by atoms with Crippen LogP contribution < -0.4 is 4.74 Å². The third-order valence-electron chi connectivity index (χ3n) is 9.57. The molecular formula is C44H27NO. The van der Waals surface area contributed by atoms with Crippen molar-refractivity contribution in [2.24, 2.45) is 0 Å². The fraction of sp³-hybridized carbons (Fsp3) is 0. The van der Waals surface area contributed by atoms with Crippen molar-refractivity contribution in [2.75, 3.05) is 0 Å². The third-order valence-corrected chi connectivity index (χ3v) is 9.57. The number of fused-ring (bicyclic) bond motifs is 6. The first kappa shape index (κ1) is 25.2. The molecule has 0 bridgehead atoms. The summed E-state index contributed by atoms with van der Waals surface area (Å²) in [6.07, 6.45) is 0. The van der Waals surface area contributed by atoms with Gasteiger partial charge in [-0.15, -0.1) is 0 Å². The lowest BCUT2D eigenvalue weighted by Gasteiger charge is -2.22. The molecule has 0 unspecified atom stereocenters. The van der Waals surface area contributed by atoms with Crippen molar-refractivity contribution >= 4 is 43.4 Å². The molecule has 1 aliphatic heterocycles. The lowest BCUT2D eigenvalue weighted by atomic mass is 9.88. The van der Waals surface area contributed by atoms with E-state index in [0.29, 0.717) is 0 Å². The van der Waals surface area contributed by atoms with Crippen LogP contribution in [0.4, 0.5) is 0 Å². The molecule has 0 saturated heterocycles. The van der Waals surface area contributed by atoms with Crippen LogP contribution in [0.5, 0.6) is 11.5 Å². The molecule has 2 heterocycles. The maximum atomic E-state index is 6.42. The Morgan fingerprint density at radius 3 is 1.98 bits per heavy atom. The molecule has 0 aliphatic carbocycles. The molecule has 8 aromatic carbocycles. The highest BCUT2D eigenvalue weighted by Gasteiger charge is 2.21. The van der Waals surface area contributed by atoms with E-state index >= 15 is 0 Å². The maximum absolute atomic E-state index is 6.42. The van der Waals surface area contributed by atoms with Crippen molar-refractivity contribution in [1.82, 2.24) is 4.57 Å². The average Bonchev–Trinajstić information content (AvgIpc) is 3.44. The van der Waals surface area contributed by atoms with E-state index in [9.17, 15) is 0 Å². The molecule has 0 radical (unpaired) electrons. The van der Waals surface area contributed by atoms with Crippen LogP contribution in [0.25, 0.3) is 82.4 Å². The maximum Gasteiger partial charge on any atom is 0.135 e. The Labute approximate surface area is 266 Å². The SMILES string of the molecule is c1ccc(-n2c3ccccc3c3cc4c(-c5ccccc5-c5ccc6c(c5)-c5cccc7cccc(c57)O6)cccc4cc32)cc1. The van der Waals surface area contributed by atoms with Crippen molar-refractivity contribution in [3.63, 3.8) is 0 Å². The predicted octanol–water partition coefficient (Wildman–Crippen LogP) is 12.2. The summed E-state index contributed by atoms with van der Waals surface area (Å²) in [6, 6.07) is 59.1. The molecule has 1 aromatic heterocycles. The molecule has 0 N–H and O–H groups in total. The fourth-order valence-electron chi connectivity index (χ4n) is 7.53. The quantitative estimate of drug-likeness (QED) is 0.201. The lowest BCUT2D eigenvalue weighted by Crippen LogP contribution is -1.97. The van der Waals surface area contributed by atoms with E-state index in [1.165, 1.54) is 76.9 Å². The molecule has 0 saturated carbocycles. The Morgan fingerprint density at radius 2 is 1.09 bits per heavy atom. The Morgan fingerprint density at radius 1 is 0.370 bits per heavy atom. The summed E-state index contributed by atoms with van der Waals surface area (Å²) in [6.45, 7) is 0. The molecule has 0 amide bonds. The highest BCUT2D eigenvalue weighted by molar-refractivity contribution is 6.16. The molecule has 0 atom stereocenters. The van der Waals surface area contributed by atoms with Gasteiger partial charge < -0.3 is 9.30 Å². The normalized spacial score (nSPS) is 12.1. The minimum atomic E-state index is 0.898. The molecular weight excluding hydrogens is 558 g/mol. The molecule has 1 aliphatic rings. The summed E-state index contributed by atoms with van der Waals surface area (Å²) in [5.74, 6) is 1.82. The summed E-state index contributed by atoms with van der Waals surface area (Å²) < 4.78 is 8.81. The van der Waals surface area contributed by atoms with Gasteiger partial charge in [-0.3, -0.25) is 0 Å². The van der Waals surface area contributed by atoms with Gasteiger partial charge in [-0.2, -0.15) is 0 Å². The van der Waals surface area contributed by atoms with Crippen LogP contribution in [0, 0.1) is 0 Å². The number of benzene rings is 8. The summed E-state index contributed by atoms with van der Waals surface area (Å²) in [5.41, 5.74) is 10.8. The van der Waals surface area contributed by atoms with Gasteiger partial charge in [-0.1, -0.05) is 115 Å². The minimum absolute atomic E-state index is 0.898. The zero-order chi connectivity index (χ0) is 30.2. The average molecular weight is 586 g/mol. The Balaban J connectivity index is 1.19. The number of nitrogens with zero attached hydrogens (tertiary/aromatic N) is 1. The van der Waals surface area contributed by atoms with Crippen LogP contribution in [0.15, 0.2) is 164 Å². The Bertz CT molecular complexity index is 2660. The molecule has 0 fully saturated rings. The Kier molecular flexibility index (Phi) is 5.31. The first-order chi connectivity index (χ1) is 22.8. The van der Waals surface area contributed by atoms with Gasteiger partial charge in [-0.05, 0) is 92.5 Å². The molecule has 9 aromatic rings. The smallest absolute Gasteiger partial charge is 0.135 e. The van der Waals surface area contributed by atoms with Gasteiger partial charge in [0.05, 0.1) is 11.0 Å². The van der Waals surface area contributed by atoms with Crippen LogP contribution in [0.3, 0.4) is 0 Å². The van der Waals surface area contributed by atoms with Gasteiger partial charge in [-0.25, -0.2) is 0 Å². The van der Waals surface area contributed by atoms with E-state index in [1.54, 1.807) is 0 Å². The van der Waals surface area contributed by atoms with Gasteiger partial charge in [0, 0.05) is 27.4 Å². The van der Waals surface area contributed by atoms with Gasteiger partial charge in [0.2, 0.25) is 0 Å². The van der Waals surface area contributed by atoms with Crippen molar-refractivity contribution in [3.05, 3.63) is 164 Å². The largest absolute Gasteiger partial charge is 0.456 e. The number of hydrogen-bond donors (Lipinski definition) is 0. The molecule has 46 heavy (non-hydrogen) atoms. The van der Waals surface area contributed by atoms with E-state index in [2.05, 4.69) is 168 Å². The van der Waals surface area contributed by atoms with Crippen molar-refractivity contribution in [2.45, 2.75) is 0 Å². The zero-order valence-corrected chi connectivity index (χ0v) is 24.9. The third kappa shape index (κ3) is 3.65. The van der Waals surface area contributed by atoms with Crippen LogP contribution >= 0.6 is 0 Å². The van der Waals surface area contributed by atoms with Crippen molar-refractivity contribution in [3.8, 4) is 50.6 Å². The number of ether oxygens (including phenoxy) is 1. The summed E-state index contributed by atoms with van der Waals surface area (Å²) in [5, 5.41) is 7.36. The lowest BCUT2D eigenvalue weighted by molar-refractivity contribution is 0.487. The summed E-state index contributed by atoms with van der Waals surface area (Å²) in [4.78, 5) is 0. The van der Waals surface area contributed by atoms with Gasteiger partial charge in [0.1, 0.15) is 11.5 Å². The van der Waals surface area contributed by atoms with Crippen LogP contribution in [-0.4, -0.2) is 4.57 Å². The topological polar surface area (TPSA) is 14.2 Å². The number of para-hydroxylation sites is 2.